The van der Waals surface area contributed by atoms with E-state index in [0.717, 1.165) is 5.82 Å². The van der Waals surface area contributed by atoms with Gasteiger partial charge in [-0.25, -0.2) is 19.6 Å². The van der Waals surface area contributed by atoms with E-state index in [2.05, 4.69) is 25.4 Å². The third-order valence-corrected chi connectivity index (χ3v) is 2.10. The molecule has 0 atom stereocenters. The molecule has 0 amide bonds. The van der Waals surface area contributed by atoms with E-state index in [4.69, 9.17) is 4.74 Å². The van der Waals surface area contributed by atoms with Crippen LogP contribution in [-0.4, -0.2) is 38.4 Å². The molecular formula is C10H14N6O. The number of hydrogen-bond acceptors (Lipinski definition) is 6. The fraction of sp³-hybridized carbons (Fsp3) is 0.400. The Hall–Kier alpha value is -2.02. The predicted octanol–water partition coefficient (Wildman–Crippen LogP) is 0.635. The molecule has 0 fully saturated rings. The molecule has 0 radical (unpaired) electrons. The number of hydrogen-bond donors (Lipinski definition) is 1. The molecule has 0 spiro atoms. The van der Waals surface area contributed by atoms with Crippen molar-refractivity contribution in [2.24, 2.45) is 0 Å². The lowest BCUT2D eigenvalue weighted by Gasteiger charge is -2.07. The topological polar surface area (TPSA) is 77.8 Å². The molecule has 2 aromatic rings. The molecule has 0 saturated heterocycles. The molecule has 0 unspecified atom stereocenters. The number of ether oxygens (including phenoxy) is 1. The zero-order valence-electron chi connectivity index (χ0n) is 9.79. The molecule has 0 aliphatic heterocycles. The molecule has 90 valence electrons. The summed E-state index contributed by atoms with van der Waals surface area (Å²) in [7, 11) is 1.80. The Labute approximate surface area is 98.9 Å². The van der Waals surface area contributed by atoms with Gasteiger partial charge >= 0.3 is 0 Å². The Balaban J connectivity index is 2.32. The zero-order chi connectivity index (χ0) is 12.1. The van der Waals surface area contributed by atoms with Crippen LogP contribution in [0.2, 0.25) is 0 Å². The number of rotatable bonds is 5. The van der Waals surface area contributed by atoms with Crippen molar-refractivity contribution in [1.82, 2.24) is 24.7 Å². The highest BCUT2D eigenvalue weighted by molar-refractivity contribution is 5.40. The van der Waals surface area contributed by atoms with Gasteiger partial charge in [-0.2, -0.15) is 5.10 Å². The SMILES string of the molecule is CCOCc1nc(NC)cc(-n2cncn2)n1. The Kier molecular flexibility index (Phi) is 3.61. The Morgan fingerprint density at radius 3 is 2.94 bits per heavy atom. The lowest BCUT2D eigenvalue weighted by Crippen LogP contribution is -2.07. The van der Waals surface area contributed by atoms with Crippen LogP contribution in [0.5, 0.6) is 0 Å². The Morgan fingerprint density at radius 2 is 2.29 bits per heavy atom. The van der Waals surface area contributed by atoms with Crippen LogP contribution in [0.25, 0.3) is 5.82 Å². The van der Waals surface area contributed by atoms with Crippen LogP contribution in [0.3, 0.4) is 0 Å². The second-order valence-corrected chi connectivity index (χ2v) is 3.25. The van der Waals surface area contributed by atoms with Crippen molar-refractivity contribution in [3.8, 4) is 5.82 Å². The van der Waals surface area contributed by atoms with Crippen molar-refractivity contribution < 1.29 is 4.74 Å². The van der Waals surface area contributed by atoms with E-state index in [9.17, 15) is 0 Å². The normalized spacial score (nSPS) is 10.5. The first kappa shape index (κ1) is 11.5. The number of aromatic nitrogens is 5. The van der Waals surface area contributed by atoms with Gasteiger partial charge in [-0.15, -0.1) is 0 Å². The summed E-state index contributed by atoms with van der Waals surface area (Å²) < 4.78 is 6.87. The summed E-state index contributed by atoms with van der Waals surface area (Å²) in [5.41, 5.74) is 0. The van der Waals surface area contributed by atoms with Crippen LogP contribution in [0.15, 0.2) is 18.7 Å². The van der Waals surface area contributed by atoms with Gasteiger partial charge in [0.15, 0.2) is 11.6 Å². The maximum absolute atomic E-state index is 5.29. The average Bonchev–Trinajstić information content (AvgIpc) is 2.89. The highest BCUT2D eigenvalue weighted by Gasteiger charge is 2.06. The van der Waals surface area contributed by atoms with Gasteiger partial charge in [-0.3, -0.25) is 0 Å². The van der Waals surface area contributed by atoms with Crippen LogP contribution in [0.4, 0.5) is 5.82 Å². The van der Waals surface area contributed by atoms with Crippen LogP contribution in [0.1, 0.15) is 12.7 Å². The van der Waals surface area contributed by atoms with Crippen LogP contribution in [-0.2, 0) is 11.3 Å². The summed E-state index contributed by atoms with van der Waals surface area (Å²) in [5.74, 6) is 2.00. The first-order valence-electron chi connectivity index (χ1n) is 5.32. The van der Waals surface area contributed by atoms with E-state index in [1.54, 1.807) is 24.1 Å². The maximum Gasteiger partial charge on any atom is 0.161 e. The molecule has 0 aliphatic rings. The fourth-order valence-corrected chi connectivity index (χ4v) is 1.31. The minimum atomic E-state index is 0.383. The summed E-state index contributed by atoms with van der Waals surface area (Å²) in [5, 5.41) is 7.01. The highest BCUT2D eigenvalue weighted by Crippen LogP contribution is 2.10. The second kappa shape index (κ2) is 5.35. The van der Waals surface area contributed by atoms with Gasteiger partial charge in [0.05, 0.1) is 0 Å². The molecule has 0 aliphatic carbocycles. The maximum atomic E-state index is 5.29. The minimum absolute atomic E-state index is 0.383. The van der Waals surface area contributed by atoms with Crippen molar-refractivity contribution in [1.29, 1.82) is 0 Å². The molecule has 2 heterocycles. The molecule has 7 heteroatoms. The van der Waals surface area contributed by atoms with Gasteiger partial charge in [0, 0.05) is 19.7 Å². The average molecular weight is 234 g/mol. The lowest BCUT2D eigenvalue weighted by atomic mass is 10.5. The third kappa shape index (κ3) is 2.76. The van der Waals surface area contributed by atoms with Gasteiger partial charge in [-0.05, 0) is 6.92 Å². The number of anilines is 1. The standard InChI is InChI=1S/C10H14N6O/c1-3-17-5-9-14-8(11-2)4-10(15-9)16-7-12-6-13-16/h4,6-7H,3,5H2,1-2H3,(H,11,14,15). The summed E-state index contributed by atoms with van der Waals surface area (Å²) in [6.45, 7) is 2.94. The van der Waals surface area contributed by atoms with Gasteiger partial charge in [0.25, 0.3) is 0 Å². The van der Waals surface area contributed by atoms with Gasteiger partial charge in [0.2, 0.25) is 0 Å². The van der Waals surface area contributed by atoms with Crippen molar-refractivity contribution in [2.75, 3.05) is 19.0 Å². The lowest BCUT2D eigenvalue weighted by molar-refractivity contribution is 0.128. The van der Waals surface area contributed by atoms with Gasteiger partial charge < -0.3 is 10.1 Å². The zero-order valence-corrected chi connectivity index (χ0v) is 9.79. The van der Waals surface area contributed by atoms with Crippen molar-refractivity contribution in [2.45, 2.75) is 13.5 Å². The Bertz CT molecular complexity index is 470. The Morgan fingerprint density at radius 1 is 1.41 bits per heavy atom. The molecule has 17 heavy (non-hydrogen) atoms. The molecular weight excluding hydrogens is 220 g/mol. The van der Waals surface area contributed by atoms with E-state index >= 15 is 0 Å². The van der Waals surface area contributed by atoms with E-state index in [0.29, 0.717) is 24.9 Å². The van der Waals surface area contributed by atoms with Crippen LogP contribution < -0.4 is 5.32 Å². The largest absolute Gasteiger partial charge is 0.374 e. The minimum Gasteiger partial charge on any atom is -0.374 e. The number of nitrogens with one attached hydrogen (secondary N) is 1. The second-order valence-electron chi connectivity index (χ2n) is 3.25. The van der Waals surface area contributed by atoms with Crippen molar-refractivity contribution >= 4 is 5.82 Å². The molecule has 1 N–H and O–H groups in total. The fourth-order valence-electron chi connectivity index (χ4n) is 1.31. The monoisotopic (exact) mass is 234 g/mol. The van der Waals surface area contributed by atoms with E-state index in [-0.39, 0.29) is 0 Å². The first-order chi connectivity index (χ1) is 8.33. The van der Waals surface area contributed by atoms with E-state index < -0.39 is 0 Å². The third-order valence-electron chi connectivity index (χ3n) is 2.10. The molecule has 2 rings (SSSR count). The summed E-state index contributed by atoms with van der Waals surface area (Å²) >= 11 is 0. The summed E-state index contributed by atoms with van der Waals surface area (Å²) in [6.07, 6.45) is 3.05. The van der Waals surface area contributed by atoms with Crippen molar-refractivity contribution in [3.63, 3.8) is 0 Å². The molecule has 7 nitrogen and oxygen atoms in total. The molecule has 2 aromatic heterocycles. The highest BCUT2D eigenvalue weighted by atomic mass is 16.5. The molecule has 0 bridgehead atoms. The first-order valence-corrected chi connectivity index (χ1v) is 5.32. The number of nitrogens with zero attached hydrogens (tertiary/aromatic N) is 5. The predicted molar refractivity (Wildman–Crippen MR) is 61.8 cm³/mol. The molecule has 0 aromatic carbocycles. The van der Waals surface area contributed by atoms with Gasteiger partial charge in [-0.1, -0.05) is 0 Å². The van der Waals surface area contributed by atoms with Crippen LogP contribution in [0, 0.1) is 0 Å². The smallest absolute Gasteiger partial charge is 0.161 e. The summed E-state index contributed by atoms with van der Waals surface area (Å²) in [6, 6.07) is 1.80. The van der Waals surface area contributed by atoms with E-state index in [1.165, 1.54) is 6.33 Å². The van der Waals surface area contributed by atoms with Gasteiger partial charge in [0.1, 0.15) is 25.1 Å². The van der Waals surface area contributed by atoms with E-state index in [1.807, 2.05) is 6.92 Å². The summed E-state index contributed by atoms with van der Waals surface area (Å²) in [4.78, 5) is 12.5. The quantitative estimate of drug-likeness (QED) is 0.817. The van der Waals surface area contributed by atoms with Crippen molar-refractivity contribution in [3.05, 3.63) is 24.5 Å². The van der Waals surface area contributed by atoms with Crippen LogP contribution >= 0.6 is 0 Å². The molecule has 0 saturated carbocycles.